The van der Waals surface area contributed by atoms with Crippen LogP contribution in [-0.2, 0) is 0 Å². The standard InChI is InChI=1S/C8H12N2.C2H6/c1-7(2)10-6-4-3-5-8(10)9;1-2/h3-7,9H,1-2H3;1-2H3. The van der Waals surface area contributed by atoms with Gasteiger partial charge in [0.05, 0.1) is 0 Å². The third-order valence-corrected chi connectivity index (χ3v) is 1.45. The summed E-state index contributed by atoms with van der Waals surface area (Å²) in [7, 11) is 0. The van der Waals surface area contributed by atoms with Gasteiger partial charge in [-0.05, 0) is 26.0 Å². The van der Waals surface area contributed by atoms with Crippen molar-refractivity contribution >= 4 is 0 Å². The number of hydrogen-bond donors (Lipinski definition) is 1. The van der Waals surface area contributed by atoms with Crippen LogP contribution in [0, 0.1) is 5.41 Å². The highest BCUT2D eigenvalue weighted by atomic mass is 15.0. The Morgan fingerprint density at radius 3 is 2.17 bits per heavy atom. The van der Waals surface area contributed by atoms with Gasteiger partial charge in [-0.2, -0.15) is 0 Å². The molecular weight excluding hydrogens is 148 g/mol. The first-order chi connectivity index (χ1) is 5.72. The monoisotopic (exact) mass is 166 g/mol. The second kappa shape index (κ2) is 5.58. The topological polar surface area (TPSA) is 28.8 Å². The Bertz CT molecular complexity index is 261. The Kier molecular flexibility index (Phi) is 5.09. The van der Waals surface area contributed by atoms with Crippen LogP contribution in [-0.4, -0.2) is 4.57 Å². The molecule has 1 N–H and O–H groups in total. The Hall–Kier alpha value is -1.05. The van der Waals surface area contributed by atoms with Crippen molar-refractivity contribution in [3.63, 3.8) is 0 Å². The molecule has 0 aliphatic rings. The molecule has 0 radical (unpaired) electrons. The van der Waals surface area contributed by atoms with Gasteiger partial charge in [0.2, 0.25) is 0 Å². The second-order valence-electron chi connectivity index (χ2n) is 2.59. The van der Waals surface area contributed by atoms with Crippen LogP contribution in [0.5, 0.6) is 0 Å². The van der Waals surface area contributed by atoms with Crippen LogP contribution in [0.25, 0.3) is 0 Å². The summed E-state index contributed by atoms with van der Waals surface area (Å²) in [6.07, 6.45) is 1.92. The second-order valence-corrected chi connectivity index (χ2v) is 2.59. The van der Waals surface area contributed by atoms with Crippen LogP contribution >= 0.6 is 0 Å². The Morgan fingerprint density at radius 1 is 1.25 bits per heavy atom. The third kappa shape index (κ3) is 2.91. The molecular formula is C10H18N2. The van der Waals surface area contributed by atoms with Crippen molar-refractivity contribution in [1.29, 1.82) is 5.41 Å². The molecule has 1 heterocycles. The van der Waals surface area contributed by atoms with E-state index in [4.69, 9.17) is 5.41 Å². The van der Waals surface area contributed by atoms with Crippen LogP contribution in [0.3, 0.4) is 0 Å². The van der Waals surface area contributed by atoms with E-state index in [1.807, 2.05) is 36.7 Å². The van der Waals surface area contributed by atoms with Crippen LogP contribution in [0.2, 0.25) is 0 Å². The molecule has 68 valence electrons. The normalized spacial score (nSPS) is 9.08. The zero-order valence-electron chi connectivity index (χ0n) is 8.33. The molecule has 2 nitrogen and oxygen atoms in total. The van der Waals surface area contributed by atoms with Gasteiger partial charge in [-0.15, -0.1) is 0 Å². The van der Waals surface area contributed by atoms with Gasteiger partial charge in [-0.1, -0.05) is 19.9 Å². The van der Waals surface area contributed by atoms with E-state index in [1.165, 1.54) is 0 Å². The predicted molar refractivity (Wildman–Crippen MR) is 52.0 cm³/mol. The van der Waals surface area contributed by atoms with E-state index in [-0.39, 0.29) is 0 Å². The van der Waals surface area contributed by atoms with Crippen LogP contribution in [0.4, 0.5) is 0 Å². The lowest BCUT2D eigenvalue weighted by Gasteiger charge is -2.08. The molecule has 0 atom stereocenters. The Morgan fingerprint density at radius 2 is 1.83 bits per heavy atom. The maximum atomic E-state index is 7.46. The van der Waals surface area contributed by atoms with E-state index in [2.05, 4.69) is 13.8 Å². The van der Waals surface area contributed by atoms with E-state index >= 15 is 0 Å². The van der Waals surface area contributed by atoms with Crippen molar-refractivity contribution in [2.75, 3.05) is 0 Å². The van der Waals surface area contributed by atoms with E-state index in [0.717, 1.165) is 0 Å². The fourth-order valence-electron chi connectivity index (χ4n) is 0.906. The Labute approximate surface area is 74.4 Å². The van der Waals surface area contributed by atoms with Crippen LogP contribution in [0.15, 0.2) is 24.4 Å². The minimum Gasteiger partial charge on any atom is -0.331 e. The van der Waals surface area contributed by atoms with Crippen LogP contribution < -0.4 is 5.49 Å². The van der Waals surface area contributed by atoms with E-state index < -0.39 is 0 Å². The summed E-state index contributed by atoms with van der Waals surface area (Å²) in [5, 5.41) is 7.46. The fraction of sp³-hybridized carbons (Fsp3) is 0.500. The van der Waals surface area contributed by atoms with Gasteiger partial charge in [-0.25, -0.2) is 0 Å². The summed E-state index contributed by atoms with van der Waals surface area (Å²) in [6, 6.07) is 5.99. The number of rotatable bonds is 1. The lowest BCUT2D eigenvalue weighted by atomic mass is 10.3. The number of aromatic nitrogens is 1. The molecule has 0 spiro atoms. The quantitative estimate of drug-likeness (QED) is 0.664. The molecule has 0 aliphatic heterocycles. The summed E-state index contributed by atoms with van der Waals surface area (Å²) in [5.74, 6) is 0. The maximum absolute atomic E-state index is 7.46. The summed E-state index contributed by atoms with van der Waals surface area (Å²) in [4.78, 5) is 0. The minimum atomic E-state index is 0.383. The highest BCUT2D eigenvalue weighted by molar-refractivity contribution is 4.92. The molecule has 0 aromatic carbocycles. The van der Waals surface area contributed by atoms with E-state index in [9.17, 15) is 0 Å². The van der Waals surface area contributed by atoms with Gasteiger partial charge in [-0.3, -0.25) is 5.41 Å². The minimum absolute atomic E-state index is 0.383. The molecule has 0 saturated heterocycles. The first kappa shape index (κ1) is 11.0. The number of pyridine rings is 1. The van der Waals surface area contributed by atoms with Crippen LogP contribution in [0.1, 0.15) is 33.7 Å². The number of hydrogen-bond acceptors (Lipinski definition) is 1. The first-order valence-corrected chi connectivity index (χ1v) is 4.43. The SMILES string of the molecule is CC.CC(C)n1ccccc1=N. The Balaban J connectivity index is 0.000000561. The van der Waals surface area contributed by atoms with Crippen molar-refractivity contribution in [2.45, 2.75) is 33.7 Å². The molecule has 1 aromatic rings. The molecule has 0 unspecified atom stereocenters. The number of nitrogens with zero attached hydrogens (tertiary/aromatic N) is 1. The zero-order valence-corrected chi connectivity index (χ0v) is 8.33. The van der Waals surface area contributed by atoms with Gasteiger partial charge < -0.3 is 4.57 Å². The van der Waals surface area contributed by atoms with Crippen molar-refractivity contribution < 1.29 is 0 Å². The third-order valence-electron chi connectivity index (χ3n) is 1.45. The van der Waals surface area contributed by atoms with Crippen molar-refractivity contribution in [3.05, 3.63) is 29.9 Å². The molecule has 0 aliphatic carbocycles. The van der Waals surface area contributed by atoms with Crippen molar-refractivity contribution in [3.8, 4) is 0 Å². The largest absolute Gasteiger partial charge is 0.331 e. The van der Waals surface area contributed by atoms with Crippen molar-refractivity contribution in [2.24, 2.45) is 0 Å². The molecule has 2 heteroatoms. The summed E-state index contributed by atoms with van der Waals surface area (Å²) < 4.78 is 1.92. The van der Waals surface area contributed by atoms with Crippen molar-refractivity contribution in [1.82, 2.24) is 4.57 Å². The predicted octanol–water partition coefficient (Wildman–Crippen LogP) is 2.57. The van der Waals surface area contributed by atoms with E-state index in [0.29, 0.717) is 11.5 Å². The molecule has 1 aromatic heterocycles. The highest BCUT2D eigenvalue weighted by Crippen LogP contribution is 1.96. The average molecular weight is 166 g/mol. The summed E-state index contributed by atoms with van der Waals surface area (Å²) in [5.41, 5.74) is 0.567. The van der Waals surface area contributed by atoms with Gasteiger partial charge in [0.1, 0.15) is 5.49 Å². The van der Waals surface area contributed by atoms with Gasteiger partial charge in [0, 0.05) is 12.2 Å². The zero-order chi connectivity index (χ0) is 9.56. The lowest BCUT2D eigenvalue weighted by molar-refractivity contribution is 0.565. The molecule has 1 rings (SSSR count). The molecule has 0 amide bonds. The van der Waals surface area contributed by atoms with Gasteiger partial charge in [0.15, 0.2) is 0 Å². The number of nitrogens with one attached hydrogen (secondary N) is 1. The first-order valence-electron chi connectivity index (χ1n) is 4.43. The molecule has 0 bridgehead atoms. The highest BCUT2D eigenvalue weighted by Gasteiger charge is 1.93. The smallest absolute Gasteiger partial charge is 0.124 e. The summed E-state index contributed by atoms with van der Waals surface area (Å²) >= 11 is 0. The van der Waals surface area contributed by atoms with E-state index in [1.54, 1.807) is 6.07 Å². The van der Waals surface area contributed by atoms with Gasteiger partial charge in [0.25, 0.3) is 0 Å². The molecule has 0 fully saturated rings. The van der Waals surface area contributed by atoms with Gasteiger partial charge >= 0.3 is 0 Å². The molecule has 12 heavy (non-hydrogen) atoms. The lowest BCUT2D eigenvalue weighted by Crippen LogP contribution is -2.19. The average Bonchev–Trinajstić information content (AvgIpc) is 2.08. The fourth-order valence-corrected chi connectivity index (χ4v) is 0.906. The molecule has 0 saturated carbocycles. The maximum Gasteiger partial charge on any atom is 0.124 e. The summed E-state index contributed by atoms with van der Waals surface area (Å²) in [6.45, 7) is 8.14.